The minimum atomic E-state index is -0.912. The third-order valence-corrected chi connectivity index (χ3v) is 15.0. The number of hydrogen-bond acceptors (Lipinski definition) is 14. The molecule has 2 unspecified atom stereocenters. The average molecular weight is 1070 g/mol. The number of esters is 2. The van der Waals surface area contributed by atoms with Crippen LogP contribution in [0.4, 0.5) is 5.82 Å². The Hall–Kier alpha value is -6.91. The lowest BCUT2D eigenvalue weighted by atomic mass is 10.0. The van der Waals surface area contributed by atoms with E-state index >= 15 is 0 Å². The number of carbonyl (C=O) groups excluding carboxylic acids is 2. The Morgan fingerprint density at radius 2 is 1.14 bits per heavy atom. The molecule has 0 bridgehead atoms. The van der Waals surface area contributed by atoms with Gasteiger partial charge in [-0.2, -0.15) is 0 Å². The molecular formula is C63H71ClN8O6. The monoisotopic (exact) mass is 1070 g/mol. The zero-order valence-electron chi connectivity index (χ0n) is 44.8. The van der Waals surface area contributed by atoms with Gasteiger partial charge in [0.25, 0.3) is 0 Å². The normalized spacial score (nSPS) is 15.2. The number of nitrogens with two attached hydrogens (primary N) is 1. The molecule has 4 N–H and O–H groups in total. The Morgan fingerprint density at radius 3 is 1.71 bits per heavy atom. The fraction of sp³-hybridized carbons (Fsp3) is 0.365. The van der Waals surface area contributed by atoms with Crippen LogP contribution >= 0.6 is 11.6 Å². The Kier molecular flexibility index (Phi) is 19.8. The van der Waals surface area contributed by atoms with Gasteiger partial charge in [0.1, 0.15) is 23.2 Å². The van der Waals surface area contributed by atoms with Gasteiger partial charge in [0.05, 0.1) is 43.3 Å². The molecule has 7 aromatic rings. The van der Waals surface area contributed by atoms with Gasteiger partial charge in [-0.1, -0.05) is 128 Å². The zero-order chi connectivity index (χ0) is 54.2. The molecule has 2 aliphatic heterocycles. The molecule has 406 valence electrons. The van der Waals surface area contributed by atoms with Crippen molar-refractivity contribution in [3.63, 3.8) is 0 Å². The number of methoxy groups -OCH3 is 2. The largest absolute Gasteiger partial charge is 0.465 e. The molecule has 2 atom stereocenters. The molecule has 5 aromatic carbocycles. The SMILES string of the molecule is COC(=O)c1ccc2c(c1)Cc1nc(C(O)c3ccccc3)nc(NCCCN3CCCCC3)c1-2.COC(=O)c1ccc2c(c1)Cc1nc(C(OCc3ccccc3)c3ccccc3)nc(Cl)c1-2.NCCCN1CCCCC1. The van der Waals surface area contributed by atoms with Crippen LogP contribution in [0.5, 0.6) is 0 Å². The van der Waals surface area contributed by atoms with Crippen molar-refractivity contribution in [2.45, 2.75) is 83.0 Å². The van der Waals surface area contributed by atoms with Crippen molar-refractivity contribution in [2.75, 3.05) is 71.9 Å². The van der Waals surface area contributed by atoms with E-state index in [0.717, 1.165) is 93.3 Å². The highest BCUT2D eigenvalue weighted by Crippen LogP contribution is 2.43. The van der Waals surface area contributed by atoms with Crippen molar-refractivity contribution >= 4 is 29.4 Å². The standard InChI is InChI=1S/C28H32N4O3.C27H21ClN2O3.C8H18N2/c1-35-28(34)20-11-12-22-21(17-20)18-23-24(22)26(29-13-8-16-32-14-6-3-7-15-32)31-27(30-23)25(33)19-9-4-2-5-10-19;1-32-27(31)19-12-13-21-20(14-19)15-22-23(21)25(28)30-26(29-22)24(18-10-6-3-7-11-18)33-16-17-8-4-2-5-9-17;9-5-4-8-10-6-2-1-3-7-10/h2,4-5,9-12,17,25,33H,3,6-8,13-16,18H2,1H3,(H,29,30,31);2-14,24H,15-16H2,1H3;1-9H2. The number of benzene rings is 5. The van der Waals surface area contributed by atoms with E-state index < -0.39 is 12.2 Å². The molecule has 14 nitrogen and oxygen atoms in total. The van der Waals surface area contributed by atoms with Crippen molar-refractivity contribution in [3.8, 4) is 22.3 Å². The Labute approximate surface area is 463 Å². The molecule has 15 heteroatoms. The predicted molar refractivity (Wildman–Crippen MR) is 306 cm³/mol. The molecule has 0 amide bonds. The number of halogens is 1. The van der Waals surface area contributed by atoms with E-state index in [-0.39, 0.29) is 11.9 Å². The summed E-state index contributed by atoms with van der Waals surface area (Å²) in [6.45, 7) is 9.32. The number of hydrogen-bond donors (Lipinski definition) is 3. The molecule has 0 saturated carbocycles. The van der Waals surface area contributed by atoms with Crippen molar-refractivity contribution in [2.24, 2.45) is 5.73 Å². The lowest BCUT2D eigenvalue weighted by molar-refractivity contribution is 0.0592. The Morgan fingerprint density at radius 1 is 0.628 bits per heavy atom. The van der Waals surface area contributed by atoms with Gasteiger partial charge < -0.3 is 40.2 Å². The minimum Gasteiger partial charge on any atom is -0.465 e. The summed E-state index contributed by atoms with van der Waals surface area (Å²) in [7, 11) is 2.76. The van der Waals surface area contributed by atoms with Crippen LogP contribution in [0, 0.1) is 0 Å². The fourth-order valence-electron chi connectivity index (χ4n) is 10.7. The maximum absolute atomic E-state index is 12.1. The first-order valence-electron chi connectivity index (χ1n) is 27.4. The summed E-state index contributed by atoms with van der Waals surface area (Å²) in [5.74, 6) is 0.913. The first kappa shape index (κ1) is 55.8. The summed E-state index contributed by atoms with van der Waals surface area (Å²) in [6, 6.07) is 40.4. The quantitative estimate of drug-likeness (QED) is 0.0446. The number of aromatic nitrogens is 4. The van der Waals surface area contributed by atoms with E-state index in [9.17, 15) is 14.7 Å². The van der Waals surface area contributed by atoms with Crippen LogP contribution in [0.25, 0.3) is 22.3 Å². The van der Waals surface area contributed by atoms with Crippen molar-refractivity contribution in [1.29, 1.82) is 0 Å². The summed E-state index contributed by atoms with van der Waals surface area (Å²) in [4.78, 5) is 48.2. The zero-order valence-corrected chi connectivity index (χ0v) is 45.6. The van der Waals surface area contributed by atoms with Crippen LogP contribution < -0.4 is 11.1 Å². The molecule has 2 saturated heterocycles. The number of carbonyl (C=O) groups is 2. The van der Waals surface area contributed by atoms with E-state index in [1.165, 1.54) is 91.9 Å². The van der Waals surface area contributed by atoms with Gasteiger partial charge in [-0.05, 0) is 148 Å². The molecule has 2 aromatic heterocycles. The predicted octanol–water partition coefficient (Wildman–Crippen LogP) is 10.8. The number of fused-ring (bicyclic) bond motifs is 6. The van der Waals surface area contributed by atoms with E-state index in [1.54, 1.807) is 12.1 Å². The number of ether oxygens (including phenoxy) is 3. The fourth-order valence-corrected chi connectivity index (χ4v) is 11.0. The molecule has 0 radical (unpaired) electrons. The second kappa shape index (κ2) is 27.6. The number of aliphatic hydroxyl groups excluding tert-OH is 1. The minimum absolute atomic E-state index is 0.355. The highest BCUT2D eigenvalue weighted by molar-refractivity contribution is 6.32. The maximum Gasteiger partial charge on any atom is 0.337 e. The summed E-state index contributed by atoms with van der Waals surface area (Å²) in [6.07, 6.45) is 10.1. The smallest absolute Gasteiger partial charge is 0.337 e. The number of likely N-dealkylation sites (tertiary alicyclic amines) is 2. The summed E-state index contributed by atoms with van der Waals surface area (Å²) < 4.78 is 16.1. The summed E-state index contributed by atoms with van der Waals surface area (Å²) >= 11 is 6.68. The first-order chi connectivity index (χ1) is 38.2. The average Bonchev–Trinajstić information content (AvgIpc) is 4.28. The van der Waals surface area contributed by atoms with E-state index in [4.69, 9.17) is 46.5 Å². The highest BCUT2D eigenvalue weighted by Gasteiger charge is 2.30. The molecule has 0 spiro atoms. The maximum atomic E-state index is 12.1. The molecule has 78 heavy (non-hydrogen) atoms. The Balaban J connectivity index is 0.000000161. The van der Waals surface area contributed by atoms with Crippen LogP contribution in [0.1, 0.15) is 135 Å². The molecule has 2 aliphatic carbocycles. The molecule has 11 rings (SSSR count). The van der Waals surface area contributed by atoms with Gasteiger partial charge >= 0.3 is 11.9 Å². The first-order valence-corrected chi connectivity index (χ1v) is 27.8. The summed E-state index contributed by atoms with van der Waals surface area (Å²) in [5.41, 5.74) is 16.6. The molecule has 2 fully saturated rings. The third kappa shape index (κ3) is 14.0. The van der Waals surface area contributed by atoms with Gasteiger partial charge in [-0.15, -0.1) is 0 Å². The summed E-state index contributed by atoms with van der Waals surface area (Å²) in [5, 5.41) is 15.0. The van der Waals surface area contributed by atoms with Crippen LogP contribution in [0.2, 0.25) is 5.15 Å². The number of nitrogens with one attached hydrogen (secondary N) is 1. The van der Waals surface area contributed by atoms with Gasteiger partial charge in [0, 0.05) is 30.5 Å². The second-order valence-corrected chi connectivity index (χ2v) is 20.5. The second-order valence-electron chi connectivity index (χ2n) is 20.2. The lowest BCUT2D eigenvalue weighted by Crippen LogP contribution is -2.31. The number of aliphatic hydroxyl groups is 1. The van der Waals surface area contributed by atoms with Crippen LogP contribution in [0.3, 0.4) is 0 Å². The molecular weight excluding hydrogens is 1000 g/mol. The Bertz CT molecular complexity index is 3100. The van der Waals surface area contributed by atoms with Crippen LogP contribution in [0.15, 0.2) is 127 Å². The van der Waals surface area contributed by atoms with E-state index in [0.29, 0.717) is 47.4 Å². The van der Waals surface area contributed by atoms with Crippen LogP contribution in [-0.2, 0) is 33.7 Å². The molecule has 4 heterocycles. The van der Waals surface area contributed by atoms with Crippen molar-refractivity contribution in [3.05, 3.63) is 195 Å². The van der Waals surface area contributed by atoms with Crippen molar-refractivity contribution in [1.82, 2.24) is 29.7 Å². The number of piperidine rings is 2. The van der Waals surface area contributed by atoms with Gasteiger partial charge in [0.15, 0.2) is 11.6 Å². The van der Waals surface area contributed by atoms with Crippen molar-refractivity contribution < 1.29 is 28.9 Å². The van der Waals surface area contributed by atoms with Gasteiger partial charge in [-0.25, -0.2) is 29.5 Å². The van der Waals surface area contributed by atoms with Crippen LogP contribution in [-0.4, -0.2) is 113 Å². The lowest BCUT2D eigenvalue weighted by Gasteiger charge is -2.26. The van der Waals surface area contributed by atoms with E-state index in [1.807, 2.05) is 115 Å². The van der Waals surface area contributed by atoms with Gasteiger partial charge in [0.2, 0.25) is 0 Å². The van der Waals surface area contributed by atoms with Gasteiger partial charge in [-0.3, -0.25) is 0 Å². The topological polar surface area (TPSA) is 178 Å². The number of nitrogens with zero attached hydrogens (tertiary/aromatic N) is 6. The van der Waals surface area contributed by atoms with E-state index in [2.05, 4.69) is 20.1 Å². The third-order valence-electron chi connectivity index (χ3n) is 14.7. The number of anilines is 1. The highest BCUT2D eigenvalue weighted by atomic mass is 35.5. The molecule has 4 aliphatic rings. The number of rotatable bonds is 17.